The molecule has 0 saturated carbocycles. The van der Waals surface area contributed by atoms with Gasteiger partial charge in [0.2, 0.25) is 0 Å². The van der Waals surface area contributed by atoms with Gasteiger partial charge in [0.05, 0.1) is 6.61 Å². The molecule has 1 fully saturated rings. The van der Waals surface area contributed by atoms with E-state index in [1.165, 1.54) is 38.9 Å². The number of rotatable bonds is 7. The Balaban J connectivity index is 1.84. The Kier molecular flexibility index (Phi) is 6.15. The van der Waals surface area contributed by atoms with E-state index in [9.17, 15) is 0 Å². The SMILES string of the molecule is CNC(C)COCCCN1CCCC1. The molecule has 1 N–H and O–H groups in total. The van der Waals surface area contributed by atoms with Crippen molar-refractivity contribution in [3.8, 4) is 0 Å². The molecule has 0 radical (unpaired) electrons. The minimum absolute atomic E-state index is 0.474. The average Bonchev–Trinajstić information content (AvgIpc) is 2.69. The van der Waals surface area contributed by atoms with Gasteiger partial charge in [-0.3, -0.25) is 0 Å². The molecule has 3 heteroatoms. The largest absolute Gasteiger partial charge is 0.380 e. The minimum atomic E-state index is 0.474. The summed E-state index contributed by atoms with van der Waals surface area (Å²) in [6, 6.07) is 0.474. The summed E-state index contributed by atoms with van der Waals surface area (Å²) in [6.07, 6.45) is 3.95. The first kappa shape index (κ1) is 12.0. The quantitative estimate of drug-likeness (QED) is 0.623. The van der Waals surface area contributed by atoms with Gasteiger partial charge in [-0.15, -0.1) is 0 Å². The topological polar surface area (TPSA) is 24.5 Å². The van der Waals surface area contributed by atoms with E-state index in [-0.39, 0.29) is 0 Å². The molecule has 0 bridgehead atoms. The molecule has 0 aliphatic carbocycles. The van der Waals surface area contributed by atoms with Crippen LogP contribution >= 0.6 is 0 Å². The van der Waals surface area contributed by atoms with Crippen molar-refractivity contribution in [1.82, 2.24) is 10.2 Å². The monoisotopic (exact) mass is 200 g/mol. The van der Waals surface area contributed by atoms with Gasteiger partial charge in [-0.05, 0) is 46.3 Å². The third-order valence-electron chi connectivity index (χ3n) is 2.82. The van der Waals surface area contributed by atoms with Crippen LogP contribution in [0.5, 0.6) is 0 Å². The molecule has 1 saturated heterocycles. The summed E-state index contributed by atoms with van der Waals surface area (Å²) in [7, 11) is 1.97. The molecule has 0 aromatic carbocycles. The van der Waals surface area contributed by atoms with Crippen molar-refractivity contribution in [2.45, 2.75) is 32.2 Å². The van der Waals surface area contributed by atoms with Gasteiger partial charge in [0, 0.05) is 19.2 Å². The molecule has 84 valence electrons. The highest BCUT2D eigenvalue weighted by Gasteiger charge is 2.10. The number of nitrogens with zero attached hydrogens (tertiary/aromatic N) is 1. The Labute approximate surface area is 87.8 Å². The van der Waals surface area contributed by atoms with Gasteiger partial charge in [0.15, 0.2) is 0 Å². The summed E-state index contributed by atoms with van der Waals surface area (Å²) in [4.78, 5) is 2.53. The number of nitrogens with one attached hydrogen (secondary N) is 1. The van der Waals surface area contributed by atoms with Crippen LogP contribution in [0, 0.1) is 0 Å². The van der Waals surface area contributed by atoms with Crippen LogP contribution in [0.3, 0.4) is 0 Å². The van der Waals surface area contributed by atoms with Crippen LogP contribution in [0.15, 0.2) is 0 Å². The smallest absolute Gasteiger partial charge is 0.0616 e. The fourth-order valence-corrected chi connectivity index (χ4v) is 1.74. The Morgan fingerprint density at radius 1 is 1.36 bits per heavy atom. The second kappa shape index (κ2) is 7.21. The molecule has 1 unspecified atom stereocenters. The minimum Gasteiger partial charge on any atom is -0.380 e. The van der Waals surface area contributed by atoms with Gasteiger partial charge in [-0.1, -0.05) is 0 Å². The highest BCUT2D eigenvalue weighted by Crippen LogP contribution is 2.07. The first-order valence-electron chi connectivity index (χ1n) is 5.80. The summed E-state index contributed by atoms with van der Waals surface area (Å²) in [5, 5.41) is 3.16. The molecule has 3 nitrogen and oxygen atoms in total. The zero-order valence-corrected chi connectivity index (χ0v) is 9.59. The Hall–Kier alpha value is -0.120. The van der Waals surface area contributed by atoms with E-state index in [0.717, 1.165) is 13.2 Å². The predicted molar refractivity (Wildman–Crippen MR) is 59.6 cm³/mol. The van der Waals surface area contributed by atoms with E-state index in [4.69, 9.17) is 4.74 Å². The van der Waals surface area contributed by atoms with Crippen molar-refractivity contribution in [2.24, 2.45) is 0 Å². The maximum absolute atomic E-state index is 5.56. The molecule has 1 atom stereocenters. The lowest BCUT2D eigenvalue weighted by Crippen LogP contribution is -2.27. The molecular formula is C11H24N2O. The third kappa shape index (κ3) is 4.94. The highest BCUT2D eigenvalue weighted by atomic mass is 16.5. The number of likely N-dealkylation sites (tertiary alicyclic amines) is 1. The maximum atomic E-state index is 5.56. The zero-order valence-electron chi connectivity index (χ0n) is 9.59. The predicted octanol–water partition coefficient (Wildman–Crippen LogP) is 1.10. The molecular weight excluding hydrogens is 176 g/mol. The lowest BCUT2D eigenvalue weighted by Gasteiger charge is -2.15. The van der Waals surface area contributed by atoms with Crippen molar-refractivity contribution in [2.75, 3.05) is 39.9 Å². The Bertz CT molecular complexity index is 135. The molecule has 14 heavy (non-hydrogen) atoms. The van der Waals surface area contributed by atoms with Gasteiger partial charge in [-0.25, -0.2) is 0 Å². The molecule has 0 aromatic rings. The van der Waals surface area contributed by atoms with Crippen molar-refractivity contribution in [3.05, 3.63) is 0 Å². The van der Waals surface area contributed by atoms with Crippen molar-refractivity contribution < 1.29 is 4.74 Å². The average molecular weight is 200 g/mol. The first-order valence-corrected chi connectivity index (χ1v) is 5.80. The van der Waals surface area contributed by atoms with Crippen LogP contribution in [0.25, 0.3) is 0 Å². The summed E-state index contributed by atoms with van der Waals surface area (Å²) in [6.45, 7) is 7.69. The fourth-order valence-electron chi connectivity index (χ4n) is 1.74. The normalized spacial score (nSPS) is 20.1. The van der Waals surface area contributed by atoms with E-state index < -0.39 is 0 Å². The lowest BCUT2D eigenvalue weighted by atomic mass is 10.4. The molecule has 1 heterocycles. The van der Waals surface area contributed by atoms with Gasteiger partial charge < -0.3 is 15.0 Å². The second-order valence-corrected chi connectivity index (χ2v) is 4.17. The summed E-state index contributed by atoms with van der Waals surface area (Å²) < 4.78 is 5.56. The highest BCUT2D eigenvalue weighted by molar-refractivity contribution is 4.65. The fraction of sp³-hybridized carbons (Fsp3) is 1.00. The Morgan fingerprint density at radius 3 is 2.71 bits per heavy atom. The molecule has 1 aliphatic heterocycles. The van der Waals surface area contributed by atoms with Gasteiger partial charge >= 0.3 is 0 Å². The van der Waals surface area contributed by atoms with Crippen molar-refractivity contribution in [1.29, 1.82) is 0 Å². The number of hydrogen-bond acceptors (Lipinski definition) is 3. The van der Waals surface area contributed by atoms with E-state index >= 15 is 0 Å². The van der Waals surface area contributed by atoms with Crippen LogP contribution in [0.1, 0.15) is 26.2 Å². The van der Waals surface area contributed by atoms with E-state index in [1.807, 2.05) is 7.05 Å². The molecule has 1 aliphatic rings. The van der Waals surface area contributed by atoms with Crippen LogP contribution in [0.2, 0.25) is 0 Å². The van der Waals surface area contributed by atoms with Crippen LogP contribution in [-0.4, -0.2) is 50.8 Å². The zero-order chi connectivity index (χ0) is 10.2. The molecule has 0 amide bonds. The number of ether oxygens (including phenoxy) is 1. The molecule has 1 rings (SSSR count). The standard InChI is InChI=1S/C11H24N2O/c1-11(12-2)10-14-9-5-8-13-6-3-4-7-13/h11-12H,3-10H2,1-2H3. The molecule has 0 spiro atoms. The van der Waals surface area contributed by atoms with E-state index in [1.54, 1.807) is 0 Å². The van der Waals surface area contributed by atoms with Crippen LogP contribution in [-0.2, 0) is 4.74 Å². The van der Waals surface area contributed by atoms with Gasteiger partial charge in [-0.2, -0.15) is 0 Å². The van der Waals surface area contributed by atoms with Crippen LogP contribution in [0.4, 0.5) is 0 Å². The maximum Gasteiger partial charge on any atom is 0.0616 e. The van der Waals surface area contributed by atoms with E-state index in [2.05, 4.69) is 17.1 Å². The third-order valence-corrected chi connectivity index (χ3v) is 2.82. The Morgan fingerprint density at radius 2 is 2.07 bits per heavy atom. The summed E-state index contributed by atoms with van der Waals surface area (Å²) in [5.41, 5.74) is 0. The van der Waals surface area contributed by atoms with Crippen molar-refractivity contribution >= 4 is 0 Å². The second-order valence-electron chi connectivity index (χ2n) is 4.17. The van der Waals surface area contributed by atoms with E-state index in [0.29, 0.717) is 6.04 Å². The van der Waals surface area contributed by atoms with Crippen molar-refractivity contribution in [3.63, 3.8) is 0 Å². The van der Waals surface area contributed by atoms with Gasteiger partial charge in [0.25, 0.3) is 0 Å². The van der Waals surface area contributed by atoms with Gasteiger partial charge in [0.1, 0.15) is 0 Å². The number of likely N-dealkylation sites (N-methyl/N-ethyl adjacent to an activating group) is 1. The summed E-state index contributed by atoms with van der Waals surface area (Å²) in [5.74, 6) is 0. The lowest BCUT2D eigenvalue weighted by molar-refractivity contribution is 0.108. The van der Waals surface area contributed by atoms with Crippen LogP contribution < -0.4 is 5.32 Å². The first-order chi connectivity index (χ1) is 6.83. The number of hydrogen-bond donors (Lipinski definition) is 1. The summed E-state index contributed by atoms with van der Waals surface area (Å²) >= 11 is 0. The molecule has 0 aromatic heterocycles.